The largest absolute Gasteiger partial charge is 0.451 e. The maximum absolute atomic E-state index is 12.2. The second-order valence-corrected chi connectivity index (χ2v) is 6.61. The average molecular weight is 310 g/mol. The van der Waals surface area contributed by atoms with Gasteiger partial charge in [0.1, 0.15) is 0 Å². The van der Waals surface area contributed by atoms with E-state index in [-0.39, 0.29) is 11.2 Å². The second-order valence-electron chi connectivity index (χ2n) is 6.61. The molecule has 0 aromatic heterocycles. The third-order valence-corrected chi connectivity index (χ3v) is 3.70. The molecule has 0 amide bonds. The maximum Gasteiger partial charge on any atom is 0.338 e. The summed E-state index contributed by atoms with van der Waals surface area (Å²) < 4.78 is 5.29. The molecule has 0 radical (unpaired) electrons. The van der Waals surface area contributed by atoms with Crippen molar-refractivity contribution < 1.29 is 14.3 Å². The molecule has 3 nitrogen and oxygen atoms in total. The molecule has 0 spiro atoms. The van der Waals surface area contributed by atoms with Crippen LogP contribution >= 0.6 is 0 Å². The molecule has 0 fully saturated rings. The summed E-state index contributed by atoms with van der Waals surface area (Å²) in [6, 6.07) is 16.1. The number of carbonyl (C=O) groups excluding carboxylic acids is 2. The SMILES string of the molecule is C[C@@H](OC(=O)c1ccc(C(C)(C)C)cc1)C(=O)c1ccccc1. The normalized spacial score (nSPS) is 12.5. The van der Waals surface area contributed by atoms with Crippen molar-refractivity contribution in [2.45, 2.75) is 39.2 Å². The van der Waals surface area contributed by atoms with Crippen molar-refractivity contribution in [2.24, 2.45) is 0 Å². The predicted molar refractivity (Wildman–Crippen MR) is 90.8 cm³/mol. The molecule has 0 saturated carbocycles. The van der Waals surface area contributed by atoms with Crippen LogP contribution in [0.1, 0.15) is 54.0 Å². The molecule has 2 aromatic rings. The highest BCUT2D eigenvalue weighted by Crippen LogP contribution is 2.22. The first kappa shape index (κ1) is 16.9. The van der Waals surface area contributed by atoms with Crippen LogP contribution < -0.4 is 0 Å². The van der Waals surface area contributed by atoms with Gasteiger partial charge in [0, 0.05) is 5.56 Å². The number of esters is 1. The van der Waals surface area contributed by atoms with Crippen LogP contribution in [0, 0.1) is 0 Å². The summed E-state index contributed by atoms with van der Waals surface area (Å²) in [4.78, 5) is 24.4. The van der Waals surface area contributed by atoms with E-state index in [4.69, 9.17) is 4.74 Å². The lowest BCUT2D eigenvalue weighted by atomic mass is 9.87. The van der Waals surface area contributed by atoms with Gasteiger partial charge in [-0.3, -0.25) is 4.79 Å². The van der Waals surface area contributed by atoms with Crippen molar-refractivity contribution in [3.8, 4) is 0 Å². The molecular weight excluding hydrogens is 288 g/mol. The first-order chi connectivity index (χ1) is 10.8. The van der Waals surface area contributed by atoms with Gasteiger partial charge in [-0.1, -0.05) is 63.2 Å². The van der Waals surface area contributed by atoms with Crippen LogP contribution in [0.3, 0.4) is 0 Å². The molecule has 0 aliphatic rings. The third-order valence-electron chi connectivity index (χ3n) is 3.70. The fraction of sp³-hybridized carbons (Fsp3) is 0.300. The predicted octanol–water partition coefficient (Wildman–Crippen LogP) is 4.41. The Morgan fingerprint density at radius 2 is 1.43 bits per heavy atom. The molecule has 0 bridgehead atoms. The number of hydrogen-bond acceptors (Lipinski definition) is 3. The fourth-order valence-corrected chi connectivity index (χ4v) is 2.23. The summed E-state index contributed by atoms with van der Waals surface area (Å²) >= 11 is 0. The molecule has 2 rings (SSSR count). The highest BCUT2D eigenvalue weighted by Gasteiger charge is 2.21. The molecule has 1 atom stereocenters. The summed E-state index contributed by atoms with van der Waals surface area (Å²) in [6.07, 6.45) is -0.813. The average Bonchev–Trinajstić information content (AvgIpc) is 2.54. The minimum absolute atomic E-state index is 0.0268. The molecule has 0 saturated heterocycles. The second kappa shape index (κ2) is 6.78. The molecule has 2 aromatic carbocycles. The minimum atomic E-state index is -0.813. The molecule has 23 heavy (non-hydrogen) atoms. The monoisotopic (exact) mass is 310 g/mol. The van der Waals surface area contributed by atoms with Crippen molar-refractivity contribution in [1.82, 2.24) is 0 Å². The summed E-state index contributed by atoms with van der Waals surface area (Å²) in [7, 11) is 0. The molecule has 3 heteroatoms. The van der Waals surface area contributed by atoms with E-state index in [1.165, 1.54) is 0 Å². The number of rotatable bonds is 4. The van der Waals surface area contributed by atoms with E-state index in [9.17, 15) is 9.59 Å². The zero-order valence-electron chi connectivity index (χ0n) is 14.0. The van der Waals surface area contributed by atoms with Crippen molar-refractivity contribution in [3.63, 3.8) is 0 Å². The van der Waals surface area contributed by atoms with Crippen molar-refractivity contribution >= 4 is 11.8 Å². The van der Waals surface area contributed by atoms with Crippen molar-refractivity contribution in [2.75, 3.05) is 0 Å². The number of Topliss-reactive ketones (excluding diaryl/α,β-unsaturated/α-hetero) is 1. The van der Waals surface area contributed by atoms with Gasteiger partial charge in [-0.05, 0) is 30.0 Å². The standard InChI is InChI=1S/C20H22O3/c1-14(18(21)15-8-6-5-7-9-15)23-19(22)16-10-12-17(13-11-16)20(2,3)4/h5-14H,1-4H3/t14-/m1/s1. The molecule has 0 heterocycles. The highest BCUT2D eigenvalue weighted by atomic mass is 16.5. The fourth-order valence-electron chi connectivity index (χ4n) is 2.23. The minimum Gasteiger partial charge on any atom is -0.451 e. The van der Waals surface area contributed by atoms with Crippen LogP contribution in [-0.4, -0.2) is 17.9 Å². The van der Waals surface area contributed by atoms with E-state index in [0.717, 1.165) is 5.56 Å². The first-order valence-electron chi connectivity index (χ1n) is 7.70. The third kappa shape index (κ3) is 4.28. The van der Waals surface area contributed by atoms with Crippen LogP contribution in [0.5, 0.6) is 0 Å². The van der Waals surface area contributed by atoms with Crippen LogP contribution in [0.2, 0.25) is 0 Å². The van der Waals surface area contributed by atoms with Crippen LogP contribution in [0.25, 0.3) is 0 Å². The van der Waals surface area contributed by atoms with Gasteiger partial charge in [0.25, 0.3) is 0 Å². The Labute approximate surface area is 137 Å². The van der Waals surface area contributed by atoms with Crippen LogP contribution in [0.4, 0.5) is 0 Å². The molecule has 120 valence electrons. The first-order valence-corrected chi connectivity index (χ1v) is 7.70. The number of ketones is 1. The Morgan fingerprint density at radius 3 is 1.96 bits per heavy atom. The number of carbonyl (C=O) groups is 2. The lowest BCUT2D eigenvalue weighted by Crippen LogP contribution is -2.24. The zero-order valence-corrected chi connectivity index (χ0v) is 14.0. The summed E-state index contributed by atoms with van der Waals surface area (Å²) in [5.41, 5.74) is 2.16. The van der Waals surface area contributed by atoms with E-state index in [1.54, 1.807) is 43.3 Å². The van der Waals surface area contributed by atoms with Gasteiger partial charge in [-0.25, -0.2) is 4.79 Å². The Balaban J connectivity index is 2.05. The van der Waals surface area contributed by atoms with E-state index >= 15 is 0 Å². The summed E-state index contributed by atoms with van der Waals surface area (Å²) in [6.45, 7) is 7.93. The Morgan fingerprint density at radius 1 is 0.870 bits per heavy atom. The van der Waals surface area contributed by atoms with Gasteiger partial charge >= 0.3 is 5.97 Å². The van der Waals surface area contributed by atoms with Crippen molar-refractivity contribution in [3.05, 3.63) is 71.3 Å². The van der Waals surface area contributed by atoms with Crippen LogP contribution in [-0.2, 0) is 10.2 Å². The van der Waals surface area contributed by atoms with Gasteiger partial charge < -0.3 is 4.74 Å². The molecule has 0 aliphatic carbocycles. The molecule has 0 N–H and O–H groups in total. The smallest absolute Gasteiger partial charge is 0.338 e. The topological polar surface area (TPSA) is 43.4 Å². The number of ether oxygens (including phenoxy) is 1. The van der Waals surface area contributed by atoms with Gasteiger partial charge in [-0.15, -0.1) is 0 Å². The van der Waals surface area contributed by atoms with Gasteiger partial charge in [-0.2, -0.15) is 0 Å². The lowest BCUT2D eigenvalue weighted by molar-refractivity contribution is 0.0319. The van der Waals surface area contributed by atoms with E-state index in [0.29, 0.717) is 11.1 Å². The Bertz CT molecular complexity index is 679. The summed E-state index contributed by atoms with van der Waals surface area (Å²) in [5.74, 6) is -0.687. The van der Waals surface area contributed by atoms with Crippen molar-refractivity contribution in [1.29, 1.82) is 0 Å². The number of hydrogen-bond donors (Lipinski definition) is 0. The lowest BCUT2D eigenvalue weighted by Gasteiger charge is -2.19. The Kier molecular flexibility index (Phi) is 4.99. The zero-order chi connectivity index (χ0) is 17.0. The van der Waals surface area contributed by atoms with Gasteiger partial charge in [0.05, 0.1) is 5.56 Å². The van der Waals surface area contributed by atoms with E-state index in [1.807, 2.05) is 18.2 Å². The quantitative estimate of drug-likeness (QED) is 0.620. The van der Waals surface area contributed by atoms with E-state index in [2.05, 4.69) is 20.8 Å². The summed E-state index contributed by atoms with van der Waals surface area (Å²) in [5, 5.41) is 0. The van der Waals surface area contributed by atoms with Gasteiger partial charge in [0.15, 0.2) is 6.10 Å². The van der Waals surface area contributed by atoms with E-state index < -0.39 is 12.1 Å². The molecule has 0 unspecified atom stereocenters. The molecular formula is C20H22O3. The van der Waals surface area contributed by atoms with Gasteiger partial charge in [0.2, 0.25) is 5.78 Å². The molecule has 0 aliphatic heterocycles. The Hall–Kier alpha value is -2.42. The maximum atomic E-state index is 12.2. The number of benzene rings is 2. The highest BCUT2D eigenvalue weighted by molar-refractivity contribution is 6.01. The van der Waals surface area contributed by atoms with Crippen LogP contribution in [0.15, 0.2) is 54.6 Å².